The van der Waals surface area contributed by atoms with E-state index in [-0.39, 0.29) is 11.8 Å². The highest BCUT2D eigenvalue weighted by Gasteiger charge is 2.15. The van der Waals surface area contributed by atoms with Crippen LogP contribution >= 0.6 is 23.4 Å². The highest BCUT2D eigenvalue weighted by molar-refractivity contribution is 7.98. The molecule has 0 saturated carbocycles. The first-order chi connectivity index (χ1) is 19.6. The molecule has 1 N–H and O–H groups in total. The number of carbonyl (C=O) groups is 1. The number of anilines is 1. The van der Waals surface area contributed by atoms with Crippen LogP contribution in [0, 0.1) is 0 Å². The van der Waals surface area contributed by atoms with E-state index in [0.717, 1.165) is 17.8 Å². The Hall–Kier alpha value is -3.87. The number of amides is 1. The number of hydrogen-bond donors (Lipinski definition) is 1. The summed E-state index contributed by atoms with van der Waals surface area (Å²) in [5.74, 6) is 1.45. The predicted octanol–water partition coefficient (Wildman–Crippen LogP) is 7.55. The van der Waals surface area contributed by atoms with E-state index < -0.39 is 0 Å². The number of rotatable bonds is 14. The van der Waals surface area contributed by atoms with Gasteiger partial charge in [-0.15, -0.1) is 13.2 Å². The summed E-state index contributed by atoms with van der Waals surface area (Å²) in [7, 11) is 0. The van der Waals surface area contributed by atoms with Crippen LogP contribution in [0.5, 0.6) is 0 Å². The van der Waals surface area contributed by atoms with Gasteiger partial charge < -0.3 is 10.2 Å². The molecule has 0 fully saturated rings. The van der Waals surface area contributed by atoms with Gasteiger partial charge in [0.2, 0.25) is 0 Å². The van der Waals surface area contributed by atoms with E-state index in [9.17, 15) is 4.79 Å². The summed E-state index contributed by atoms with van der Waals surface area (Å²) in [6.07, 6.45) is 4.43. The van der Waals surface area contributed by atoms with Gasteiger partial charge in [0.1, 0.15) is 11.0 Å². The van der Waals surface area contributed by atoms with Gasteiger partial charge in [0.05, 0.1) is 0 Å². The number of benzene rings is 3. The third-order valence-corrected chi connectivity index (χ3v) is 7.48. The summed E-state index contributed by atoms with van der Waals surface area (Å²) >= 11 is 7.77. The van der Waals surface area contributed by atoms with Crippen molar-refractivity contribution >= 4 is 35.1 Å². The maximum Gasteiger partial charge on any atom is 0.251 e. The minimum absolute atomic E-state index is 0.0856. The van der Waals surface area contributed by atoms with Crippen LogP contribution in [0.2, 0.25) is 5.15 Å². The van der Waals surface area contributed by atoms with Crippen LogP contribution in [-0.4, -0.2) is 35.5 Å². The predicted molar refractivity (Wildman–Crippen MR) is 167 cm³/mol. The number of nitrogens with zero attached hydrogens (tertiary/aromatic N) is 3. The van der Waals surface area contributed by atoms with Gasteiger partial charge in [-0.1, -0.05) is 108 Å². The van der Waals surface area contributed by atoms with Crippen LogP contribution in [-0.2, 0) is 5.75 Å². The third kappa shape index (κ3) is 8.31. The Balaban J connectivity index is 1.37. The highest BCUT2D eigenvalue weighted by Crippen LogP contribution is 2.28. The van der Waals surface area contributed by atoms with Crippen LogP contribution < -0.4 is 10.2 Å². The molecule has 4 rings (SSSR count). The van der Waals surface area contributed by atoms with Crippen LogP contribution in [0.25, 0.3) is 0 Å². The SMILES string of the molecule is C=CCN(CC=C)c1cc(Cl)nc(SCc2cccc(C(=O)NCCC(c3ccccc3)c3ccccc3)c2)n1. The topological polar surface area (TPSA) is 58.1 Å². The Kier molecular flexibility index (Phi) is 11.0. The van der Waals surface area contributed by atoms with Gasteiger partial charge >= 0.3 is 0 Å². The van der Waals surface area contributed by atoms with E-state index in [1.807, 2.05) is 53.5 Å². The molecule has 4 aromatic rings. The standard InChI is InChI=1S/C33H33ClN4OS/c1-3-20-38(21-4-2)31-23-30(34)36-33(37-31)40-24-25-12-11-17-28(22-25)32(39)35-19-18-29(26-13-7-5-8-14-26)27-15-9-6-10-16-27/h3-17,22-23,29H,1-2,18-21,24H2,(H,35,39). The molecule has 0 aliphatic heterocycles. The van der Waals surface area contributed by atoms with E-state index >= 15 is 0 Å². The van der Waals surface area contributed by atoms with Gasteiger partial charge in [-0.05, 0) is 35.2 Å². The van der Waals surface area contributed by atoms with E-state index in [4.69, 9.17) is 11.6 Å². The Morgan fingerprint density at radius 2 is 1.55 bits per heavy atom. The molecule has 7 heteroatoms. The number of nitrogens with one attached hydrogen (secondary N) is 1. The van der Waals surface area contributed by atoms with Crippen molar-refractivity contribution in [1.82, 2.24) is 15.3 Å². The Morgan fingerprint density at radius 1 is 0.900 bits per heavy atom. The summed E-state index contributed by atoms with van der Waals surface area (Å²) in [5, 5.41) is 4.06. The minimum atomic E-state index is -0.0856. The molecular formula is C33H33ClN4OS. The van der Waals surface area contributed by atoms with Crippen molar-refractivity contribution in [2.45, 2.75) is 23.2 Å². The zero-order chi connectivity index (χ0) is 28.2. The second-order valence-corrected chi connectivity index (χ2v) is 10.6. The molecule has 5 nitrogen and oxygen atoms in total. The van der Waals surface area contributed by atoms with E-state index in [0.29, 0.717) is 41.3 Å². The van der Waals surface area contributed by atoms with Crippen molar-refractivity contribution in [3.63, 3.8) is 0 Å². The van der Waals surface area contributed by atoms with E-state index in [1.54, 1.807) is 6.07 Å². The molecule has 0 spiro atoms. The number of carbonyl (C=O) groups excluding carboxylic acids is 1. The van der Waals surface area contributed by atoms with Gasteiger partial charge in [-0.2, -0.15) is 0 Å². The molecule has 0 radical (unpaired) electrons. The zero-order valence-electron chi connectivity index (χ0n) is 22.4. The summed E-state index contributed by atoms with van der Waals surface area (Å²) in [4.78, 5) is 24.1. The molecular weight excluding hydrogens is 536 g/mol. The van der Waals surface area contributed by atoms with Crippen molar-refractivity contribution in [3.8, 4) is 0 Å². The lowest BCUT2D eigenvalue weighted by Crippen LogP contribution is -2.26. The molecule has 1 amide bonds. The van der Waals surface area contributed by atoms with Crippen molar-refractivity contribution in [2.75, 3.05) is 24.5 Å². The van der Waals surface area contributed by atoms with Crippen molar-refractivity contribution in [2.24, 2.45) is 0 Å². The van der Waals surface area contributed by atoms with E-state index in [1.165, 1.54) is 22.9 Å². The first kappa shape index (κ1) is 29.1. The van der Waals surface area contributed by atoms with Crippen LogP contribution in [0.4, 0.5) is 5.82 Å². The normalized spacial score (nSPS) is 10.8. The average molecular weight is 569 g/mol. The maximum atomic E-state index is 13.0. The number of thioether (sulfide) groups is 1. The fourth-order valence-electron chi connectivity index (χ4n) is 4.46. The molecule has 0 atom stereocenters. The molecule has 0 unspecified atom stereocenters. The lowest BCUT2D eigenvalue weighted by atomic mass is 9.88. The molecule has 0 aliphatic rings. The van der Waals surface area contributed by atoms with Gasteiger partial charge in [-0.3, -0.25) is 4.79 Å². The van der Waals surface area contributed by atoms with E-state index in [2.05, 4.69) is 77.0 Å². The van der Waals surface area contributed by atoms with Crippen molar-refractivity contribution < 1.29 is 4.79 Å². The monoisotopic (exact) mass is 568 g/mol. The fourth-order valence-corrected chi connectivity index (χ4v) is 5.49. The van der Waals surface area contributed by atoms with Gasteiger partial charge in [0.25, 0.3) is 5.91 Å². The van der Waals surface area contributed by atoms with Gasteiger partial charge in [0.15, 0.2) is 5.16 Å². The summed E-state index contributed by atoms with van der Waals surface area (Å²) in [6, 6.07) is 30.2. The molecule has 204 valence electrons. The fraction of sp³-hybridized carbons (Fsp3) is 0.182. The maximum absolute atomic E-state index is 13.0. The third-order valence-electron chi connectivity index (χ3n) is 6.36. The second-order valence-electron chi connectivity index (χ2n) is 9.22. The van der Waals surface area contributed by atoms with Gasteiger partial charge in [-0.25, -0.2) is 9.97 Å². The highest BCUT2D eigenvalue weighted by atomic mass is 35.5. The summed E-state index contributed by atoms with van der Waals surface area (Å²) in [6.45, 7) is 9.44. The number of halogens is 1. The largest absolute Gasteiger partial charge is 0.352 e. The van der Waals surface area contributed by atoms with Crippen molar-refractivity contribution in [3.05, 3.63) is 144 Å². The van der Waals surface area contributed by atoms with Crippen LogP contribution in [0.1, 0.15) is 39.4 Å². The lowest BCUT2D eigenvalue weighted by molar-refractivity contribution is 0.0952. The molecule has 40 heavy (non-hydrogen) atoms. The molecule has 0 saturated heterocycles. The zero-order valence-corrected chi connectivity index (χ0v) is 24.0. The van der Waals surface area contributed by atoms with Gasteiger partial charge in [0, 0.05) is 42.9 Å². The second kappa shape index (κ2) is 15.1. The first-order valence-corrected chi connectivity index (χ1v) is 14.5. The average Bonchev–Trinajstić information content (AvgIpc) is 2.99. The number of hydrogen-bond acceptors (Lipinski definition) is 5. The summed E-state index contributed by atoms with van der Waals surface area (Å²) < 4.78 is 0. The minimum Gasteiger partial charge on any atom is -0.352 e. The molecule has 1 aromatic heterocycles. The molecule has 1 heterocycles. The van der Waals surface area contributed by atoms with Crippen molar-refractivity contribution in [1.29, 1.82) is 0 Å². The Labute approximate surface area is 246 Å². The molecule has 0 bridgehead atoms. The van der Waals surface area contributed by atoms with Crippen LogP contribution in [0.3, 0.4) is 0 Å². The quantitative estimate of drug-likeness (QED) is 0.0736. The lowest BCUT2D eigenvalue weighted by Gasteiger charge is -2.20. The van der Waals surface area contributed by atoms with Crippen LogP contribution in [0.15, 0.2) is 121 Å². The molecule has 3 aromatic carbocycles. The Morgan fingerprint density at radius 3 is 2.17 bits per heavy atom. The molecule has 0 aliphatic carbocycles. The summed E-state index contributed by atoms with van der Waals surface area (Å²) in [5.41, 5.74) is 4.11. The number of aromatic nitrogens is 2. The first-order valence-electron chi connectivity index (χ1n) is 13.2. The smallest absolute Gasteiger partial charge is 0.251 e. The Bertz CT molecular complexity index is 1370.